The quantitative estimate of drug-likeness (QED) is 0.788. The minimum absolute atomic E-state index is 0.0359. The van der Waals surface area contributed by atoms with Crippen LogP contribution in [0.5, 0.6) is 0 Å². The molecule has 116 valence electrons. The van der Waals surface area contributed by atoms with Crippen LogP contribution in [0, 0.1) is 0 Å². The molecule has 0 unspecified atom stereocenters. The number of carbonyl (C=O) groups is 2. The second-order valence-corrected chi connectivity index (χ2v) is 6.10. The SMILES string of the molecule is CC(C)(C)N(CCC(=O)O)C(=O)CCc1cccc(N)c1. The molecule has 0 aliphatic rings. The van der Waals surface area contributed by atoms with Crippen LogP contribution < -0.4 is 5.73 Å². The second kappa shape index (κ2) is 7.11. The number of rotatable bonds is 6. The lowest BCUT2D eigenvalue weighted by atomic mass is 10.0. The van der Waals surface area contributed by atoms with Gasteiger partial charge in [0, 0.05) is 24.2 Å². The van der Waals surface area contributed by atoms with E-state index >= 15 is 0 Å². The van der Waals surface area contributed by atoms with Crippen LogP contribution >= 0.6 is 0 Å². The standard InChI is InChI=1S/C16H24N2O3/c1-16(2,3)18(10-9-15(20)21)14(19)8-7-12-5-4-6-13(17)11-12/h4-6,11H,7-10,17H2,1-3H3,(H,20,21). The third kappa shape index (κ3) is 5.85. The van der Waals surface area contributed by atoms with Gasteiger partial charge in [-0.2, -0.15) is 0 Å². The van der Waals surface area contributed by atoms with Crippen molar-refractivity contribution in [2.24, 2.45) is 0 Å². The molecular weight excluding hydrogens is 268 g/mol. The number of nitrogen functional groups attached to an aromatic ring is 1. The van der Waals surface area contributed by atoms with E-state index in [0.717, 1.165) is 5.56 Å². The molecule has 1 rings (SSSR count). The summed E-state index contributed by atoms with van der Waals surface area (Å²) >= 11 is 0. The van der Waals surface area contributed by atoms with Gasteiger partial charge in [0.15, 0.2) is 0 Å². The Balaban J connectivity index is 2.66. The lowest BCUT2D eigenvalue weighted by Gasteiger charge is -2.35. The number of nitrogens with two attached hydrogens (primary N) is 1. The van der Waals surface area contributed by atoms with Gasteiger partial charge in [-0.1, -0.05) is 12.1 Å². The Morgan fingerprint density at radius 1 is 1.24 bits per heavy atom. The summed E-state index contributed by atoms with van der Waals surface area (Å²) in [4.78, 5) is 24.7. The van der Waals surface area contributed by atoms with E-state index in [9.17, 15) is 9.59 Å². The zero-order valence-corrected chi connectivity index (χ0v) is 12.9. The Kier molecular flexibility index (Phi) is 5.76. The predicted octanol–water partition coefficient (Wildman–Crippen LogP) is 2.30. The molecule has 21 heavy (non-hydrogen) atoms. The van der Waals surface area contributed by atoms with Crippen LogP contribution in [0.3, 0.4) is 0 Å². The van der Waals surface area contributed by atoms with Crippen molar-refractivity contribution in [3.05, 3.63) is 29.8 Å². The molecule has 0 saturated carbocycles. The van der Waals surface area contributed by atoms with Gasteiger partial charge in [-0.25, -0.2) is 0 Å². The fraction of sp³-hybridized carbons (Fsp3) is 0.500. The van der Waals surface area contributed by atoms with Crippen molar-refractivity contribution in [1.29, 1.82) is 0 Å². The van der Waals surface area contributed by atoms with E-state index in [2.05, 4.69) is 0 Å². The van der Waals surface area contributed by atoms with Crippen molar-refractivity contribution < 1.29 is 14.7 Å². The van der Waals surface area contributed by atoms with Gasteiger partial charge in [0.1, 0.15) is 0 Å². The summed E-state index contributed by atoms with van der Waals surface area (Å²) in [5, 5.41) is 8.80. The molecule has 0 spiro atoms. The number of benzene rings is 1. The Bertz CT molecular complexity index is 506. The van der Waals surface area contributed by atoms with Gasteiger partial charge in [0.25, 0.3) is 0 Å². The molecule has 1 aromatic carbocycles. The maximum absolute atomic E-state index is 12.4. The van der Waals surface area contributed by atoms with Crippen LogP contribution in [0.25, 0.3) is 0 Å². The van der Waals surface area contributed by atoms with E-state index in [0.29, 0.717) is 18.5 Å². The van der Waals surface area contributed by atoms with Crippen LogP contribution in [0.2, 0.25) is 0 Å². The number of amides is 1. The average molecular weight is 292 g/mol. The first-order chi connectivity index (χ1) is 9.70. The molecule has 0 heterocycles. The summed E-state index contributed by atoms with van der Waals surface area (Å²) in [6.07, 6.45) is 0.908. The molecular formula is C16H24N2O3. The molecule has 0 atom stereocenters. The highest BCUT2D eigenvalue weighted by molar-refractivity contribution is 5.78. The number of nitrogens with zero attached hydrogens (tertiary/aromatic N) is 1. The Morgan fingerprint density at radius 3 is 2.43 bits per heavy atom. The Labute approximate surface area is 125 Å². The number of anilines is 1. The lowest BCUT2D eigenvalue weighted by molar-refractivity contribution is -0.140. The first-order valence-corrected chi connectivity index (χ1v) is 7.07. The van der Waals surface area contributed by atoms with E-state index < -0.39 is 5.97 Å². The molecule has 5 nitrogen and oxygen atoms in total. The van der Waals surface area contributed by atoms with E-state index in [-0.39, 0.29) is 24.4 Å². The van der Waals surface area contributed by atoms with Crippen molar-refractivity contribution >= 4 is 17.6 Å². The molecule has 0 saturated heterocycles. The third-order valence-electron chi connectivity index (χ3n) is 3.24. The molecule has 1 amide bonds. The van der Waals surface area contributed by atoms with Crippen LogP contribution in [-0.4, -0.2) is 34.0 Å². The van der Waals surface area contributed by atoms with Crippen molar-refractivity contribution in [3.8, 4) is 0 Å². The summed E-state index contributed by atoms with van der Waals surface area (Å²) in [7, 11) is 0. The van der Waals surface area contributed by atoms with Crippen molar-refractivity contribution in [1.82, 2.24) is 4.90 Å². The normalized spacial score (nSPS) is 11.2. The minimum atomic E-state index is -0.895. The van der Waals surface area contributed by atoms with Gasteiger partial charge in [-0.3, -0.25) is 9.59 Å². The zero-order chi connectivity index (χ0) is 16.0. The molecule has 0 aliphatic heterocycles. The summed E-state index contributed by atoms with van der Waals surface area (Å²) in [6, 6.07) is 7.45. The number of carbonyl (C=O) groups excluding carboxylic acids is 1. The Morgan fingerprint density at radius 2 is 1.90 bits per heavy atom. The molecule has 0 fully saturated rings. The highest BCUT2D eigenvalue weighted by atomic mass is 16.4. The van der Waals surface area contributed by atoms with Crippen LogP contribution in [0.4, 0.5) is 5.69 Å². The van der Waals surface area contributed by atoms with Crippen LogP contribution in [0.1, 0.15) is 39.2 Å². The van der Waals surface area contributed by atoms with E-state index in [4.69, 9.17) is 10.8 Å². The fourth-order valence-corrected chi connectivity index (χ4v) is 2.18. The van der Waals surface area contributed by atoms with Crippen molar-refractivity contribution in [3.63, 3.8) is 0 Å². The summed E-state index contributed by atoms with van der Waals surface area (Å²) < 4.78 is 0. The molecule has 5 heteroatoms. The van der Waals surface area contributed by atoms with Gasteiger partial charge in [-0.05, 0) is 44.9 Å². The Hall–Kier alpha value is -2.04. The van der Waals surface area contributed by atoms with E-state index in [1.165, 1.54) is 0 Å². The summed E-state index contributed by atoms with van der Waals surface area (Å²) in [5.74, 6) is -0.931. The van der Waals surface area contributed by atoms with Crippen LogP contribution in [-0.2, 0) is 16.0 Å². The maximum Gasteiger partial charge on any atom is 0.305 e. The molecule has 0 aliphatic carbocycles. The summed E-state index contributed by atoms with van der Waals surface area (Å²) in [6.45, 7) is 5.96. The van der Waals surface area contributed by atoms with Crippen molar-refractivity contribution in [2.75, 3.05) is 12.3 Å². The molecule has 0 bridgehead atoms. The van der Waals surface area contributed by atoms with Gasteiger partial charge < -0.3 is 15.7 Å². The topological polar surface area (TPSA) is 83.6 Å². The number of carboxylic acid groups (broad SMARTS) is 1. The number of hydrogen-bond donors (Lipinski definition) is 2. The second-order valence-electron chi connectivity index (χ2n) is 6.10. The molecule has 0 aromatic heterocycles. The first kappa shape index (κ1) is 17.0. The van der Waals surface area contributed by atoms with Crippen LogP contribution in [0.15, 0.2) is 24.3 Å². The van der Waals surface area contributed by atoms with Gasteiger partial charge >= 0.3 is 5.97 Å². The smallest absolute Gasteiger partial charge is 0.305 e. The van der Waals surface area contributed by atoms with Crippen molar-refractivity contribution in [2.45, 2.75) is 45.6 Å². The average Bonchev–Trinajstić information content (AvgIpc) is 2.34. The van der Waals surface area contributed by atoms with E-state index in [1.807, 2.05) is 39.0 Å². The number of hydrogen-bond acceptors (Lipinski definition) is 3. The minimum Gasteiger partial charge on any atom is -0.481 e. The largest absolute Gasteiger partial charge is 0.481 e. The highest BCUT2D eigenvalue weighted by Gasteiger charge is 2.26. The van der Waals surface area contributed by atoms with Gasteiger partial charge in [0.2, 0.25) is 5.91 Å². The zero-order valence-electron chi connectivity index (χ0n) is 12.9. The monoisotopic (exact) mass is 292 g/mol. The highest BCUT2D eigenvalue weighted by Crippen LogP contribution is 2.17. The predicted molar refractivity (Wildman–Crippen MR) is 82.9 cm³/mol. The maximum atomic E-state index is 12.4. The molecule has 0 radical (unpaired) electrons. The fourth-order valence-electron chi connectivity index (χ4n) is 2.18. The summed E-state index contributed by atoms with van der Waals surface area (Å²) in [5.41, 5.74) is 7.02. The first-order valence-electron chi connectivity index (χ1n) is 7.07. The number of carboxylic acids is 1. The van der Waals surface area contributed by atoms with Gasteiger partial charge in [-0.15, -0.1) is 0 Å². The molecule has 3 N–H and O–H groups in total. The van der Waals surface area contributed by atoms with Gasteiger partial charge in [0.05, 0.1) is 6.42 Å². The lowest BCUT2D eigenvalue weighted by Crippen LogP contribution is -2.46. The number of aryl methyl sites for hydroxylation is 1. The number of aliphatic carboxylic acids is 1. The third-order valence-corrected chi connectivity index (χ3v) is 3.24. The van der Waals surface area contributed by atoms with E-state index in [1.54, 1.807) is 11.0 Å². The molecule has 1 aromatic rings.